The van der Waals surface area contributed by atoms with Gasteiger partial charge in [0.15, 0.2) is 6.04 Å². The number of para-hydroxylation sites is 1. The minimum absolute atomic E-state index is 0.298. The molecule has 0 radical (unpaired) electrons. The van der Waals surface area contributed by atoms with Gasteiger partial charge >= 0.3 is 6.03 Å². The fourth-order valence-electron chi connectivity index (χ4n) is 1.89. The first-order valence-electron chi connectivity index (χ1n) is 6.70. The minimum Gasteiger partial charge on any atom is -0.341 e. The Morgan fingerprint density at radius 3 is 2.76 bits per heavy atom. The highest BCUT2D eigenvalue weighted by Crippen LogP contribution is 2.20. The third-order valence-electron chi connectivity index (χ3n) is 3.36. The number of quaternary nitrogens is 1. The number of nitrogens with zero attached hydrogens (tertiary/aromatic N) is 1. The predicted molar refractivity (Wildman–Crippen MR) is 82.3 cm³/mol. The normalized spacial score (nSPS) is 13.7. The monoisotopic (exact) mass is 307 g/mol. The van der Waals surface area contributed by atoms with E-state index in [1.165, 1.54) is 7.05 Å². The van der Waals surface area contributed by atoms with Gasteiger partial charge in [-0.2, -0.15) is 0 Å². The minimum atomic E-state index is -0.486. The smallest absolute Gasteiger partial charge is 0.321 e. The lowest BCUT2D eigenvalue weighted by Gasteiger charge is -2.19. The summed E-state index contributed by atoms with van der Waals surface area (Å²) in [6.07, 6.45) is 0. The zero-order valence-electron chi connectivity index (χ0n) is 12.3. The number of hydrogen-bond acceptors (Lipinski definition) is 4. The lowest BCUT2D eigenvalue weighted by atomic mass is 10.3. The van der Waals surface area contributed by atoms with Crippen LogP contribution in [0.3, 0.4) is 0 Å². The lowest BCUT2D eigenvalue weighted by molar-refractivity contribution is -0.908. The first kappa shape index (κ1) is 15.4. The van der Waals surface area contributed by atoms with Crippen molar-refractivity contribution < 1.29 is 14.5 Å². The molecule has 0 bridgehead atoms. The highest BCUT2D eigenvalue weighted by atomic mass is 32.1. The summed E-state index contributed by atoms with van der Waals surface area (Å²) >= 11 is 1.63. The van der Waals surface area contributed by atoms with Crippen molar-refractivity contribution in [2.75, 3.05) is 14.1 Å². The van der Waals surface area contributed by atoms with E-state index < -0.39 is 6.03 Å². The summed E-state index contributed by atoms with van der Waals surface area (Å²) in [5, 5.41) is 5.64. The molecule has 0 saturated heterocycles. The van der Waals surface area contributed by atoms with Crippen LogP contribution in [0.15, 0.2) is 24.3 Å². The van der Waals surface area contributed by atoms with Crippen molar-refractivity contribution in [2.24, 2.45) is 0 Å². The van der Waals surface area contributed by atoms with Gasteiger partial charge in [-0.15, -0.1) is 11.3 Å². The molecule has 2 rings (SSSR count). The van der Waals surface area contributed by atoms with Gasteiger partial charge in [-0.25, -0.2) is 9.78 Å². The van der Waals surface area contributed by atoms with Gasteiger partial charge in [0.25, 0.3) is 5.91 Å². The van der Waals surface area contributed by atoms with Crippen molar-refractivity contribution in [3.63, 3.8) is 0 Å². The molecule has 0 aliphatic rings. The van der Waals surface area contributed by atoms with Crippen molar-refractivity contribution in [1.29, 1.82) is 0 Å². The number of fused-ring (bicyclic) bond motifs is 1. The third kappa shape index (κ3) is 3.77. The van der Waals surface area contributed by atoms with E-state index in [2.05, 4.69) is 15.6 Å². The number of urea groups is 1. The molecule has 0 aliphatic carbocycles. The zero-order chi connectivity index (χ0) is 15.4. The van der Waals surface area contributed by atoms with Gasteiger partial charge < -0.3 is 10.2 Å². The van der Waals surface area contributed by atoms with Crippen LogP contribution in [0.25, 0.3) is 10.2 Å². The number of thiazole rings is 1. The van der Waals surface area contributed by atoms with Gasteiger partial charge in [0.1, 0.15) is 11.6 Å². The van der Waals surface area contributed by atoms with Crippen LogP contribution in [0.2, 0.25) is 0 Å². The topological polar surface area (TPSA) is 75.5 Å². The molecule has 0 saturated carbocycles. The molecule has 2 atom stereocenters. The van der Waals surface area contributed by atoms with Gasteiger partial charge in [0.2, 0.25) is 0 Å². The number of amides is 3. The van der Waals surface area contributed by atoms with Crippen molar-refractivity contribution >= 4 is 33.5 Å². The molecular weight excluding hydrogens is 288 g/mol. The molecule has 0 spiro atoms. The Morgan fingerprint density at radius 1 is 1.38 bits per heavy atom. The quantitative estimate of drug-likeness (QED) is 0.753. The van der Waals surface area contributed by atoms with E-state index in [4.69, 9.17) is 0 Å². The van der Waals surface area contributed by atoms with Crippen LogP contribution in [-0.4, -0.2) is 37.1 Å². The highest BCUT2D eigenvalue weighted by molar-refractivity contribution is 7.18. The fourth-order valence-corrected chi connectivity index (χ4v) is 2.96. The molecule has 1 heterocycles. The fraction of sp³-hybridized carbons (Fsp3) is 0.357. The molecule has 1 aromatic carbocycles. The summed E-state index contributed by atoms with van der Waals surface area (Å²) in [7, 11) is 3.39. The lowest BCUT2D eigenvalue weighted by Crippen LogP contribution is -3.12. The van der Waals surface area contributed by atoms with Gasteiger partial charge in [-0.05, 0) is 19.1 Å². The van der Waals surface area contributed by atoms with Crippen LogP contribution < -0.4 is 15.5 Å². The maximum Gasteiger partial charge on any atom is 0.321 e. The number of hydrogen-bond donors (Lipinski definition) is 3. The van der Waals surface area contributed by atoms with Crippen molar-refractivity contribution in [2.45, 2.75) is 19.5 Å². The number of aromatic nitrogens is 1. The van der Waals surface area contributed by atoms with Gasteiger partial charge in [-0.1, -0.05) is 12.1 Å². The maximum absolute atomic E-state index is 11.9. The summed E-state index contributed by atoms with van der Waals surface area (Å²) in [5.41, 5.74) is 0.979. The summed E-state index contributed by atoms with van der Waals surface area (Å²) < 4.78 is 1.14. The van der Waals surface area contributed by atoms with Crippen molar-refractivity contribution in [3.8, 4) is 0 Å². The van der Waals surface area contributed by atoms with E-state index in [0.717, 1.165) is 20.1 Å². The Bertz CT molecular complexity index is 622. The van der Waals surface area contributed by atoms with Crippen LogP contribution >= 0.6 is 11.3 Å². The molecule has 1 aromatic heterocycles. The molecule has 3 amide bonds. The van der Waals surface area contributed by atoms with Crippen LogP contribution in [0, 0.1) is 0 Å². The molecular formula is C14H19N4O2S+. The van der Waals surface area contributed by atoms with E-state index in [1.54, 1.807) is 18.3 Å². The van der Waals surface area contributed by atoms with E-state index in [1.807, 2.05) is 31.3 Å². The second kappa shape index (κ2) is 6.64. The van der Waals surface area contributed by atoms with Gasteiger partial charge in [0, 0.05) is 7.05 Å². The summed E-state index contributed by atoms with van der Waals surface area (Å²) in [5.74, 6) is -0.298. The molecule has 112 valence electrons. The molecule has 0 aliphatic heterocycles. The average molecular weight is 307 g/mol. The zero-order valence-corrected chi connectivity index (χ0v) is 13.1. The van der Waals surface area contributed by atoms with Crippen molar-refractivity contribution in [3.05, 3.63) is 29.3 Å². The van der Waals surface area contributed by atoms with E-state index in [0.29, 0.717) is 6.54 Å². The number of nitrogens with one attached hydrogen (secondary N) is 3. The molecule has 6 nitrogen and oxygen atoms in total. The van der Waals surface area contributed by atoms with Crippen LogP contribution in [-0.2, 0) is 11.3 Å². The molecule has 3 N–H and O–H groups in total. The molecule has 21 heavy (non-hydrogen) atoms. The number of carbonyl (C=O) groups excluding carboxylic acids is 2. The number of likely N-dealkylation sites (N-methyl/N-ethyl adjacent to an activating group) is 1. The largest absolute Gasteiger partial charge is 0.341 e. The van der Waals surface area contributed by atoms with Crippen LogP contribution in [0.5, 0.6) is 0 Å². The summed E-state index contributed by atoms with van der Waals surface area (Å²) in [6, 6.07) is 7.14. The second-order valence-corrected chi connectivity index (χ2v) is 6.00. The average Bonchev–Trinajstić information content (AvgIpc) is 2.88. The SMILES string of the molecule is CNC(=O)NC(=O)[C@H](C)[NH+](C)Cc1nc2ccccc2s1. The van der Waals surface area contributed by atoms with E-state index in [-0.39, 0.29) is 11.9 Å². The van der Waals surface area contributed by atoms with Crippen molar-refractivity contribution in [1.82, 2.24) is 15.6 Å². The molecule has 1 unspecified atom stereocenters. The van der Waals surface area contributed by atoms with Crippen LogP contribution in [0.4, 0.5) is 4.79 Å². The second-order valence-electron chi connectivity index (χ2n) is 4.89. The molecule has 0 fully saturated rings. The maximum atomic E-state index is 11.9. The van der Waals surface area contributed by atoms with Crippen LogP contribution in [0.1, 0.15) is 11.9 Å². The predicted octanol–water partition coefficient (Wildman–Crippen LogP) is 0.155. The Balaban J connectivity index is 2.01. The first-order valence-corrected chi connectivity index (χ1v) is 7.52. The highest BCUT2D eigenvalue weighted by Gasteiger charge is 2.24. The standard InChI is InChI=1S/C14H18N4O2S/c1-9(13(19)17-14(20)15-2)18(3)8-12-16-10-6-4-5-7-11(10)21-12/h4-7,9H,8H2,1-3H3,(H2,15,17,19,20)/p+1/t9-/m0/s1. The Labute approximate surface area is 127 Å². The van der Waals surface area contributed by atoms with Gasteiger partial charge in [-0.3, -0.25) is 10.1 Å². The Kier molecular flexibility index (Phi) is 4.87. The van der Waals surface area contributed by atoms with E-state index >= 15 is 0 Å². The molecule has 7 heteroatoms. The number of carbonyl (C=O) groups is 2. The number of rotatable bonds is 4. The summed E-state index contributed by atoms with van der Waals surface area (Å²) in [4.78, 5) is 28.6. The Hall–Kier alpha value is -1.99. The first-order chi connectivity index (χ1) is 10.0. The Morgan fingerprint density at radius 2 is 2.10 bits per heavy atom. The number of imide groups is 1. The van der Waals surface area contributed by atoms with E-state index in [9.17, 15) is 9.59 Å². The summed E-state index contributed by atoms with van der Waals surface area (Å²) in [6.45, 7) is 2.43. The number of benzene rings is 1. The third-order valence-corrected chi connectivity index (χ3v) is 4.40. The van der Waals surface area contributed by atoms with Gasteiger partial charge in [0.05, 0.1) is 17.3 Å². The molecule has 2 aromatic rings.